The molecule has 0 N–H and O–H groups in total. The molecule has 9 heteroatoms. The van der Waals surface area contributed by atoms with Crippen LogP contribution in [-0.2, 0) is 6.54 Å². The van der Waals surface area contributed by atoms with Gasteiger partial charge in [0.05, 0.1) is 39.7 Å². The van der Waals surface area contributed by atoms with Gasteiger partial charge in [0, 0.05) is 29.2 Å². The second-order valence-electron chi connectivity index (χ2n) is 9.77. The molecule has 0 amide bonds. The first kappa shape index (κ1) is 26.1. The number of aromatic nitrogens is 3. The Labute approximate surface area is 249 Å². The number of methoxy groups -OCH3 is 1. The number of rotatable bonds is 6. The van der Waals surface area contributed by atoms with Crippen molar-refractivity contribution >= 4 is 62.2 Å². The number of para-hydroxylation sites is 2. The highest BCUT2D eigenvalue weighted by Crippen LogP contribution is 2.33. The molecule has 4 aromatic carbocycles. The number of furan rings is 1. The molecule has 0 fully saturated rings. The third-order valence-electron chi connectivity index (χ3n) is 7.18. The molecule has 0 aliphatic heterocycles. The van der Waals surface area contributed by atoms with Crippen LogP contribution in [0.15, 0.2) is 112 Å². The van der Waals surface area contributed by atoms with Gasteiger partial charge in [-0.1, -0.05) is 65.7 Å². The summed E-state index contributed by atoms with van der Waals surface area (Å²) in [6.07, 6.45) is 3.68. The third kappa shape index (κ3) is 4.53. The van der Waals surface area contributed by atoms with E-state index >= 15 is 0 Å². The number of benzene rings is 4. The van der Waals surface area contributed by atoms with E-state index in [0.717, 1.165) is 27.4 Å². The molecule has 0 spiro atoms. The van der Waals surface area contributed by atoms with Crippen molar-refractivity contribution in [3.8, 4) is 17.3 Å². The zero-order chi connectivity index (χ0) is 28.8. The van der Waals surface area contributed by atoms with Crippen LogP contribution in [0, 0.1) is 0 Å². The molecule has 0 aliphatic rings. The Morgan fingerprint density at radius 2 is 1.71 bits per heavy atom. The Hall–Kier alpha value is -4.85. The fourth-order valence-electron chi connectivity index (χ4n) is 5.18. The van der Waals surface area contributed by atoms with E-state index < -0.39 is 0 Å². The molecule has 3 aromatic heterocycles. The van der Waals surface area contributed by atoms with E-state index in [9.17, 15) is 4.79 Å². The minimum absolute atomic E-state index is 0.285. The van der Waals surface area contributed by atoms with E-state index in [-0.39, 0.29) is 11.4 Å². The van der Waals surface area contributed by atoms with Crippen LogP contribution < -0.4 is 10.3 Å². The fourth-order valence-corrected chi connectivity index (χ4v) is 5.50. The number of nitrogens with zero attached hydrogens (tertiary/aromatic N) is 4. The maximum atomic E-state index is 13.8. The van der Waals surface area contributed by atoms with Crippen LogP contribution in [0.3, 0.4) is 0 Å². The standard InChI is InChI=1S/C33H22Cl2N4O3/c1-41-29-11-6-12-30-24(29)16-31(42-30)32-37-27-9-4-2-8-23(27)33(40)39(32)36-17-21-19-38(28-10-5-3-7-22(21)28)18-20-13-14-25(34)26(35)15-20/h2-17,19H,18H2,1H3. The molecule has 0 saturated heterocycles. The fraction of sp³-hybridized carbons (Fsp3) is 0.0606. The van der Waals surface area contributed by atoms with Gasteiger partial charge < -0.3 is 13.7 Å². The van der Waals surface area contributed by atoms with Crippen molar-refractivity contribution < 1.29 is 9.15 Å². The zero-order valence-electron chi connectivity index (χ0n) is 22.3. The first-order valence-electron chi connectivity index (χ1n) is 13.1. The second kappa shape index (κ2) is 10.5. The summed E-state index contributed by atoms with van der Waals surface area (Å²) in [5, 5.41) is 7.92. The lowest BCUT2D eigenvalue weighted by atomic mass is 10.2. The summed E-state index contributed by atoms with van der Waals surface area (Å²) >= 11 is 12.4. The zero-order valence-corrected chi connectivity index (χ0v) is 23.8. The van der Waals surface area contributed by atoms with E-state index in [1.807, 2.05) is 79.0 Å². The molecule has 0 bridgehead atoms. The minimum atomic E-state index is -0.307. The lowest BCUT2D eigenvalue weighted by Gasteiger charge is -2.07. The van der Waals surface area contributed by atoms with Crippen molar-refractivity contribution in [2.24, 2.45) is 5.10 Å². The number of ether oxygens (including phenoxy) is 1. The summed E-state index contributed by atoms with van der Waals surface area (Å²) in [6.45, 7) is 0.578. The van der Waals surface area contributed by atoms with Crippen molar-refractivity contribution in [2.75, 3.05) is 7.11 Å². The van der Waals surface area contributed by atoms with Crippen molar-refractivity contribution in [3.63, 3.8) is 0 Å². The summed E-state index contributed by atoms with van der Waals surface area (Å²) < 4.78 is 15.1. The summed E-state index contributed by atoms with van der Waals surface area (Å²) in [5.41, 5.74) is 3.72. The predicted molar refractivity (Wildman–Crippen MR) is 168 cm³/mol. The van der Waals surface area contributed by atoms with E-state index in [2.05, 4.69) is 9.67 Å². The number of hydrogen-bond donors (Lipinski definition) is 0. The van der Waals surface area contributed by atoms with Crippen LogP contribution >= 0.6 is 23.2 Å². The second-order valence-corrected chi connectivity index (χ2v) is 10.6. The first-order chi connectivity index (χ1) is 20.5. The van der Waals surface area contributed by atoms with Gasteiger partial charge in [0.1, 0.15) is 11.3 Å². The highest BCUT2D eigenvalue weighted by atomic mass is 35.5. The largest absolute Gasteiger partial charge is 0.496 e. The minimum Gasteiger partial charge on any atom is -0.496 e. The van der Waals surface area contributed by atoms with Crippen LogP contribution in [0.1, 0.15) is 11.1 Å². The summed E-state index contributed by atoms with van der Waals surface area (Å²) in [6, 6.07) is 28.2. The Kier molecular flexibility index (Phi) is 6.53. The summed E-state index contributed by atoms with van der Waals surface area (Å²) in [4.78, 5) is 18.6. The normalized spacial score (nSPS) is 11.8. The average molecular weight is 593 g/mol. The molecule has 7 aromatic rings. The van der Waals surface area contributed by atoms with Gasteiger partial charge in [-0.3, -0.25) is 4.79 Å². The molecule has 0 unspecified atom stereocenters. The molecular weight excluding hydrogens is 571 g/mol. The molecular formula is C33H22Cl2N4O3. The Balaban J connectivity index is 1.37. The average Bonchev–Trinajstić information content (AvgIpc) is 3.60. The van der Waals surface area contributed by atoms with Crippen molar-refractivity contribution in [1.82, 2.24) is 14.2 Å². The summed E-state index contributed by atoms with van der Waals surface area (Å²) in [5.74, 6) is 1.35. The van der Waals surface area contributed by atoms with Crippen LogP contribution in [0.4, 0.5) is 0 Å². The lowest BCUT2D eigenvalue weighted by Crippen LogP contribution is -2.20. The number of halogens is 2. The van der Waals surface area contributed by atoms with Crippen LogP contribution in [0.25, 0.3) is 44.4 Å². The first-order valence-corrected chi connectivity index (χ1v) is 13.9. The summed E-state index contributed by atoms with van der Waals surface area (Å²) in [7, 11) is 1.61. The van der Waals surface area contributed by atoms with Crippen LogP contribution in [-0.4, -0.2) is 27.6 Å². The van der Waals surface area contributed by atoms with Gasteiger partial charge in [-0.2, -0.15) is 9.78 Å². The van der Waals surface area contributed by atoms with Gasteiger partial charge in [0.15, 0.2) is 5.76 Å². The topological polar surface area (TPSA) is 74.6 Å². The van der Waals surface area contributed by atoms with Gasteiger partial charge in [-0.05, 0) is 54.1 Å². The van der Waals surface area contributed by atoms with E-state index in [4.69, 9.17) is 37.3 Å². The van der Waals surface area contributed by atoms with Gasteiger partial charge >= 0.3 is 0 Å². The van der Waals surface area contributed by atoms with Gasteiger partial charge in [-0.15, -0.1) is 0 Å². The van der Waals surface area contributed by atoms with Crippen LogP contribution in [0.2, 0.25) is 10.0 Å². The molecule has 0 saturated carbocycles. The molecule has 7 rings (SSSR count). The van der Waals surface area contributed by atoms with Gasteiger partial charge in [0.2, 0.25) is 5.82 Å². The highest BCUT2D eigenvalue weighted by molar-refractivity contribution is 6.42. The van der Waals surface area contributed by atoms with Gasteiger partial charge in [-0.25, -0.2) is 4.98 Å². The Morgan fingerprint density at radius 3 is 2.55 bits per heavy atom. The lowest BCUT2D eigenvalue weighted by molar-refractivity contribution is 0.419. The Bertz CT molecular complexity index is 2230. The maximum Gasteiger partial charge on any atom is 0.282 e. The number of hydrogen-bond acceptors (Lipinski definition) is 5. The van der Waals surface area contributed by atoms with Gasteiger partial charge in [0.25, 0.3) is 5.56 Å². The quantitative estimate of drug-likeness (QED) is 0.183. The van der Waals surface area contributed by atoms with Crippen molar-refractivity contribution in [2.45, 2.75) is 6.54 Å². The molecule has 0 radical (unpaired) electrons. The van der Waals surface area contributed by atoms with Crippen molar-refractivity contribution in [1.29, 1.82) is 0 Å². The molecule has 0 atom stereocenters. The Morgan fingerprint density at radius 1 is 0.905 bits per heavy atom. The molecule has 3 heterocycles. The van der Waals surface area contributed by atoms with E-state index in [0.29, 0.717) is 44.6 Å². The molecule has 7 nitrogen and oxygen atoms in total. The van der Waals surface area contributed by atoms with Crippen molar-refractivity contribution in [3.05, 3.63) is 129 Å². The monoisotopic (exact) mass is 592 g/mol. The van der Waals surface area contributed by atoms with E-state index in [1.54, 1.807) is 31.5 Å². The van der Waals surface area contributed by atoms with E-state index in [1.165, 1.54) is 4.68 Å². The smallest absolute Gasteiger partial charge is 0.282 e. The molecule has 42 heavy (non-hydrogen) atoms. The molecule has 0 aliphatic carbocycles. The molecule has 206 valence electrons. The number of fused-ring (bicyclic) bond motifs is 3. The SMILES string of the molecule is COc1cccc2oc(-c3nc4ccccc4c(=O)n3N=Cc3cn(Cc4ccc(Cl)c(Cl)c4)c4ccccc34)cc12. The third-order valence-corrected chi connectivity index (χ3v) is 7.92. The van der Waals surface area contributed by atoms with Crippen LogP contribution in [0.5, 0.6) is 5.75 Å². The highest BCUT2D eigenvalue weighted by Gasteiger charge is 2.18. The predicted octanol–water partition coefficient (Wildman–Crippen LogP) is 8.01. The maximum absolute atomic E-state index is 13.8.